The lowest BCUT2D eigenvalue weighted by molar-refractivity contribution is -0.282. The van der Waals surface area contributed by atoms with Crippen LogP contribution >= 0.6 is 7.82 Å². The maximum atomic E-state index is 14.2. The highest BCUT2D eigenvalue weighted by Gasteiger charge is 2.46. The largest absolute Gasteiger partial charge is 0.473 e. The van der Waals surface area contributed by atoms with E-state index in [1.807, 2.05) is 0 Å². The van der Waals surface area contributed by atoms with Crippen LogP contribution in [-0.4, -0.2) is 315 Å². The number of ether oxygens (including phenoxy) is 12. The SMILES string of the molecule is CC(OP(=O)(O)OC(C)(C)C)C(NC(=O)CO)C(=O)NCCCC(=O)CC(COCCCOCCCCC(=O)CCCCOC1OC(CO)C(O)C(O)C1C)(COCCCOCCCCC(=O)CCCCOC1OC(CO)C(O)C(O)C1C)COCCCOCCCCC(=O)CCCCOC1OC(CO)C(O)C(O)C1C. The topological polar surface area (TPSA) is 495 Å². The van der Waals surface area contributed by atoms with E-state index in [0.29, 0.717) is 174 Å². The Hall–Kier alpha value is -3.15. The van der Waals surface area contributed by atoms with E-state index in [-0.39, 0.29) is 108 Å². The summed E-state index contributed by atoms with van der Waals surface area (Å²) < 4.78 is 94.0. The molecule has 34 nitrogen and oxygen atoms in total. The number of phosphoric acid groups is 1. The third kappa shape index (κ3) is 42.7. The zero-order valence-electron chi connectivity index (χ0n) is 66.9. The highest BCUT2D eigenvalue weighted by atomic mass is 31.2. The van der Waals surface area contributed by atoms with Gasteiger partial charge in [0.15, 0.2) is 18.9 Å². The van der Waals surface area contributed by atoms with Crippen molar-refractivity contribution in [3.05, 3.63) is 0 Å². The van der Waals surface area contributed by atoms with Gasteiger partial charge in [0.05, 0.1) is 69.7 Å². The average molecular weight is 1620 g/mol. The molecule has 0 aliphatic carbocycles. The Labute approximate surface area is 655 Å². The molecule has 3 rings (SSSR count). The minimum absolute atomic E-state index is 0.0311. The Balaban J connectivity index is 1.58. The highest BCUT2D eigenvalue weighted by Crippen LogP contribution is 2.48. The number of carbonyl (C=O) groups is 6. The standard InChI is InChI=1S/C76H139N2O32P/c1-52-65(88)68(91)60(45-79)106-72(52)103-41-17-11-27-56(83)24-8-14-32-97-35-21-38-100-49-76(44-59(86)30-20-31-77-71(94)64(78-63(87)48-82)55(4)109-111(95,96)110-75(5,6)7,50-101-39-22-36-98-33-15-9-25-57(84)28-12-18-42-104-73-53(2)66(89)69(92)61(46-80)107-73)51-102-40-23-37-99-34-16-10-26-58(85)29-13-19-43-105-74-54(3)67(90)70(93)62(47-81)108-74/h52-55,60-62,64-70,72-74,79-82,88-93H,8-51H2,1-7H3,(H,77,94)(H,78,87)(H,95,96). The minimum atomic E-state index is -4.75. The van der Waals surface area contributed by atoms with Crippen LogP contribution in [0.2, 0.25) is 0 Å². The van der Waals surface area contributed by atoms with Gasteiger partial charge in [0.2, 0.25) is 11.8 Å². The number of carbonyl (C=O) groups excluding carboxylic acids is 6. The van der Waals surface area contributed by atoms with Gasteiger partial charge in [-0.1, -0.05) is 20.8 Å². The zero-order chi connectivity index (χ0) is 82.2. The Bertz CT molecular complexity index is 2380. The Morgan fingerprint density at radius 1 is 0.423 bits per heavy atom. The van der Waals surface area contributed by atoms with Gasteiger partial charge in [-0.05, 0) is 130 Å². The van der Waals surface area contributed by atoms with Crippen molar-refractivity contribution in [1.29, 1.82) is 0 Å². The molecule has 35 heteroatoms. The number of rotatable bonds is 67. The van der Waals surface area contributed by atoms with E-state index in [4.69, 9.17) is 65.9 Å². The summed E-state index contributed by atoms with van der Waals surface area (Å²) in [6, 6.07) is -1.55. The highest BCUT2D eigenvalue weighted by molar-refractivity contribution is 7.47. The molecule has 0 aromatic heterocycles. The summed E-state index contributed by atoms with van der Waals surface area (Å²) in [5, 5.41) is 104. The van der Waals surface area contributed by atoms with Crippen LogP contribution in [0.1, 0.15) is 203 Å². The van der Waals surface area contributed by atoms with E-state index in [1.54, 1.807) is 20.8 Å². The normalized spacial score (nSPS) is 26.1. The first kappa shape index (κ1) is 102. The molecule has 18 unspecified atom stereocenters. The molecule has 0 radical (unpaired) electrons. The van der Waals surface area contributed by atoms with Gasteiger partial charge >= 0.3 is 7.82 Å². The van der Waals surface area contributed by atoms with E-state index in [0.717, 1.165) is 0 Å². The van der Waals surface area contributed by atoms with Crippen molar-refractivity contribution in [2.45, 2.75) is 294 Å². The molecule has 3 aliphatic heterocycles. The first-order chi connectivity index (χ1) is 52.9. The fourth-order valence-electron chi connectivity index (χ4n) is 12.7. The second-order valence-electron chi connectivity index (χ2n) is 30.5. The van der Waals surface area contributed by atoms with Crippen LogP contribution in [0.15, 0.2) is 0 Å². The van der Waals surface area contributed by atoms with Crippen LogP contribution in [0, 0.1) is 23.2 Å². The monoisotopic (exact) mass is 1620 g/mol. The van der Waals surface area contributed by atoms with Gasteiger partial charge in [-0.3, -0.25) is 37.8 Å². The molecule has 0 aromatic carbocycles. The van der Waals surface area contributed by atoms with Crippen molar-refractivity contribution in [1.82, 2.24) is 10.6 Å². The maximum absolute atomic E-state index is 14.2. The predicted octanol–water partition coefficient (Wildman–Crippen LogP) is 2.90. The number of phosphoric ester groups is 1. The summed E-state index contributed by atoms with van der Waals surface area (Å²) in [5.41, 5.74) is -2.14. The van der Waals surface area contributed by atoms with Crippen LogP contribution in [0.5, 0.6) is 0 Å². The lowest BCUT2D eigenvalue weighted by Gasteiger charge is -2.40. The third-order valence-corrected chi connectivity index (χ3v) is 20.7. The molecule has 111 heavy (non-hydrogen) atoms. The lowest BCUT2D eigenvalue weighted by atomic mass is 9.84. The van der Waals surface area contributed by atoms with Crippen LogP contribution < -0.4 is 10.6 Å². The fourth-order valence-corrected chi connectivity index (χ4v) is 13.9. The van der Waals surface area contributed by atoms with Gasteiger partial charge in [0.1, 0.15) is 72.4 Å². The van der Waals surface area contributed by atoms with E-state index in [9.17, 15) is 89.3 Å². The quantitative estimate of drug-likeness (QED) is 0.0307. The Morgan fingerprint density at radius 2 is 0.730 bits per heavy atom. The van der Waals surface area contributed by atoms with Crippen LogP contribution in [0.3, 0.4) is 0 Å². The number of hydrogen-bond acceptors (Lipinski definition) is 31. The average Bonchev–Trinajstić information content (AvgIpc) is 0.828. The number of nitrogens with one attached hydrogen (secondary N) is 2. The summed E-state index contributed by atoms with van der Waals surface area (Å²) in [7, 11) is -4.75. The second-order valence-corrected chi connectivity index (χ2v) is 31.9. The van der Waals surface area contributed by atoms with Crippen molar-refractivity contribution in [2.24, 2.45) is 23.2 Å². The molecule has 0 spiro atoms. The van der Waals surface area contributed by atoms with Crippen LogP contribution in [0.4, 0.5) is 0 Å². The second kappa shape index (κ2) is 57.9. The molecule has 0 bridgehead atoms. The fraction of sp³-hybridized carbons (Fsp3) is 0.921. The van der Waals surface area contributed by atoms with Crippen molar-refractivity contribution >= 4 is 42.8 Å². The number of ketones is 4. The number of Topliss-reactive ketones (excluding diaryl/α,β-unsaturated/α-hetero) is 4. The zero-order valence-corrected chi connectivity index (χ0v) is 67.8. The molecule has 2 amide bonds. The Kier molecular flexibility index (Phi) is 53.2. The third-order valence-electron chi connectivity index (χ3n) is 19.3. The van der Waals surface area contributed by atoms with E-state index in [1.165, 1.54) is 27.7 Å². The van der Waals surface area contributed by atoms with Crippen molar-refractivity contribution in [2.75, 3.05) is 132 Å². The first-order valence-electron chi connectivity index (χ1n) is 40.1. The van der Waals surface area contributed by atoms with E-state index >= 15 is 0 Å². The smallest absolute Gasteiger partial charge is 0.394 e. The molecule has 650 valence electrons. The summed E-state index contributed by atoms with van der Waals surface area (Å²) in [5.74, 6) is -3.17. The number of amides is 2. The molecular weight excluding hydrogens is 1480 g/mol. The van der Waals surface area contributed by atoms with Gasteiger partial charge in [-0.25, -0.2) is 4.57 Å². The summed E-state index contributed by atoms with van der Waals surface area (Å²) in [4.78, 5) is 88.4. The first-order valence-corrected chi connectivity index (χ1v) is 41.6. The van der Waals surface area contributed by atoms with Gasteiger partial charge in [-0.15, -0.1) is 0 Å². The Morgan fingerprint density at radius 3 is 1.05 bits per heavy atom. The molecule has 3 aliphatic rings. The van der Waals surface area contributed by atoms with Crippen molar-refractivity contribution in [3.63, 3.8) is 0 Å². The maximum Gasteiger partial charge on any atom is 0.473 e. The predicted molar refractivity (Wildman–Crippen MR) is 400 cm³/mol. The molecule has 3 fully saturated rings. The summed E-state index contributed by atoms with van der Waals surface area (Å²) >= 11 is 0. The van der Waals surface area contributed by atoms with Crippen molar-refractivity contribution in [3.8, 4) is 0 Å². The molecule has 3 heterocycles. The van der Waals surface area contributed by atoms with Gasteiger partial charge in [0.25, 0.3) is 0 Å². The molecule has 0 aromatic rings. The molecule has 3 saturated heterocycles. The summed E-state index contributed by atoms with van der Waals surface area (Å²) in [6.45, 7) is 12.5. The van der Waals surface area contributed by atoms with Crippen LogP contribution in [-0.2, 0) is 99.2 Å². The number of aliphatic hydroxyl groups is 10. The lowest BCUT2D eigenvalue weighted by Crippen LogP contribution is -2.55. The molecule has 13 N–H and O–H groups in total. The summed E-state index contributed by atoms with van der Waals surface area (Å²) in [6.07, 6.45) is -2.40. The van der Waals surface area contributed by atoms with E-state index in [2.05, 4.69) is 10.6 Å². The van der Waals surface area contributed by atoms with Crippen molar-refractivity contribution < 1.29 is 155 Å². The molecular formula is C76H139N2O32P. The number of hydrogen-bond donors (Lipinski definition) is 13. The van der Waals surface area contributed by atoms with Crippen LogP contribution in [0.25, 0.3) is 0 Å². The van der Waals surface area contributed by atoms with Gasteiger partial charge in [-0.2, -0.15) is 0 Å². The molecule has 0 saturated carbocycles. The van der Waals surface area contributed by atoms with E-state index < -0.39 is 161 Å². The minimum Gasteiger partial charge on any atom is -0.394 e. The van der Waals surface area contributed by atoms with Gasteiger partial charge < -0.3 is 123 Å². The number of unbranched alkanes of at least 4 members (excludes halogenated alkanes) is 6. The molecule has 18 atom stereocenters. The van der Waals surface area contributed by atoms with Gasteiger partial charge in [0, 0.05) is 160 Å². The number of aliphatic hydroxyl groups excluding tert-OH is 10.